The lowest BCUT2D eigenvalue weighted by molar-refractivity contribution is -0.137. The summed E-state index contributed by atoms with van der Waals surface area (Å²) >= 11 is 0. The average molecular weight is 261 g/mol. The van der Waals surface area contributed by atoms with Gasteiger partial charge in [-0.05, 0) is 18.6 Å². The van der Waals surface area contributed by atoms with Crippen LogP contribution in [0.15, 0.2) is 24.3 Å². The molecule has 0 aliphatic rings. The number of hydrogen-bond acceptors (Lipinski definition) is 2. The Hall–Kier alpha value is -1.56. The number of alkyl halides is 3. The summed E-state index contributed by atoms with van der Waals surface area (Å²) in [4.78, 5) is 11.7. The Balaban J connectivity index is 2.99. The number of hydrogen-bond donors (Lipinski definition) is 2. The number of nitrogens with one attached hydrogen (secondary N) is 1. The van der Waals surface area contributed by atoms with Crippen LogP contribution in [-0.2, 0) is 6.18 Å². The molecule has 1 aromatic rings. The van der Waals surface area contributed by atoms with E-state index in [2.05, 4.69) is 5.32 Å². The maximum Gasteiger partial charge on any atom is 0.417 e. The molecule has 0 saturated carbocycles. The highest BCUT2D eigenvalue weighted by Crippen LogP contribution is 2.31. The van der Waals surface area contributed by atoms with Crippen LogP contribution in [0.1, 0.15) is 29.3 Å². The van der Waals surface area contributed by atoms with Crippen LogP contribution >= 0.6 is 0 Å². The molecule has 0 radical (unpaired) electrons. The number of halogens is 3. The predicted octanol–water partition coefficient (Wildman–Crippen LogP) is 2.21. The van der Waals surface area contributed by atoms with Crippen molar-refractivity contribution in [2.45, 2.75) is 25.6 Å². The molecular formula is C12H14F3NO2. The van der Waals surface area contributed by atoms with Crippen LogP contribution in [-0.4, -0.2) is 23.7 Å². The van der Waals surface area contributed by atoms with E-state index in [0.717, 1.165) is 12.1 Å². The third kappa shape index (κ3) is 3.46. The van der Waals surface area contributed by atoms with Gasteiger partial charge in [-0.3, -0.25) is 4.79 Å². The van der Waals surface area contributed by atoms with Gasteiger partial charge in [0.1, 0.15) is 0 Å². The molecule has 0 aromatic heterocycles. The molecule has 0 heterocycles. The molecule has 1 rings (SSSR count). The third-order valence-electron chi connectivity index (χ3n) is 2.53. The number of aliphatic hydroxyl groups excluding tert-OH is 1. The van der Waals surface area contributed by atoms with Gasteiger partial charge in [0.15, 0.2) is 0 Å². The van der Waals surface area contributed by atoms with E-state index in [9.17, 15) is 18.0 Å². The Morgan fingerprint density at radius 2 is 2.00 bits per heavy atom. The third-order valence-corrected chi connectivity index (χ3v) is 2.53. The van der Waals surface area contributed by atoms with Crippen molar-refractivity contribution in [2.75, 3.05) is 6.61 Å². The minimum atomic E-state index is -4.57. The van der Waals surface area contributed by atoms with Gasteiger partial charge in [-0.25, -0.2) is 0 Å². The fourth-order valence-corrected chi connectivity index (χ4v) is 1.47. The molecule has 3 nitrogen and oxygen atoms in total. The van der Waals surface area contributed by atoms with Crippen molar-refractivity contribution in [3.63, 3.8) is 0 Å². The van der Waals surface area contributed by atoms with Crippen molar-refractivity contribution in [1.29, 1.82) is 0 Å². The van der Waals surface area contributed by atoms with Gasteiger partial charge >= 0.3 is 6.18 Å². The molecule has 1 atom stereocenters. The van der Waals surface area contributed by atoms with E-state index in [-0.39, 0.29) is 6.61 Å². The van der Waals surface area contributed by atoms with Crippen LogP contribution < -0.4 is 5.32 Å². The van der Waals surface area contributed by atoms with Crippen LogP contribution in [0.5, 0.6) is 0 Å². The van der Waals surface area contributed by atoms with Gasteiger partial charge in [-0.15, -0.1) is 0 Å². The first-order valence-electron chi connectivity index (χ1n) is 5.48. The standard InChI is InChI=1S/C12H14F3NO2/c1-2-8(7-17)16-11(18)9-5-3-4-6-10(9)12(13,14)15/h3-6,8,17H,2,7H2,1H3,(H,16,18)/t8-/m0/s1. The zero-order chi connectivity index (χ0) is 13.8. The molecular weight excluding hydrogens is 247 g/mol. The molecule has 1 amide bonds. The Morgan fingerprint density at radius 3 is 2.50 bits per heavy atom. The molecule has 0 aliphatic carbocycles. The van der Waals surface area contributed by atoms with E-state index in [1.165, 1.54) is 12.1 Å². The summed E-state index contributed by atoms with van der Waals surface area (Å²) in [6.45, 7) is 1.41. The highest BCUT2D eigenvalue weighted by molar-refractivity contribution is 5.96. The summed E-state index contributed by atoms with van der Waals surface area (Å²) < 4.78 is 38.0. The van der Waals surface area contributed by atoms with E-state index in [4.69, 9.17) is 5.11 Å². The number of carbonyl (C=O) groups is 1. The quantitative estimate of drug-likeness (QED) is 0.873. The second kappa shape index (κ2) is 5.86. The Labute approximate surface area is 103 Å². The number of rotatable bonds is 4. The van der Waals surface area contributed by atoms with Gasteiger partial charge in [0, 0.05) is 0 Å². The van der Waals surface area contributed by atoms with E-state index in [1.807, 2.05) is 0 Å². The first kappa shape index (κ1) is 14.5. The normalized spacial score (nSPS) is 13.2. The Bertz CT molecular complexity index is 414. The largest absolute Gasteiger partial charge is 0.417 e. The highest BCUT2D eigenvalue weighted by Gasteiger charge is 2.34. The minimum Gasteiger partial charge on any atom is -0.394 e. The van der Waals surface area contributed by atoms with Gasteiger partial charge in [0.25, 0.3) is 5.91 Å². The smallest absolute Gasteiger partial charge is 0.394 e. The van der Waals surface area contributed by atoms with Crippen LogP contribution in [0.2, 0.25) is 0 Å². The minimum absolute atomic E-state index is 0.309. The van der Waals surface area contributed by atoms with Crippen molar-refractivity contribution in [3.8, 4) is 0 Å². The second-order valence-corrected chi connectivity index (χ2v) is 3.80. The Morgan fingerprint density at radius 1 is 1.39 bits per heavy atom. The van der Waals surface area contributed by atoms with Gasteiger partial charge in [0.2, 0.25) is 0 Å². The van der Waals surface area contributed by atoms with E-state index in [0.29, 0.717) is 6.42 Å². The molecule has 100 valence electrons. The molecule has 0 unspecified atom stereocenters. The molecule has 0 fully saturated rings. The first-order chi connectivity index (χ1) is 8.40. The second-order valence-electron chi connectivity index (χ2n) is 3.80. The Kier molecular flexibility index (Phi) is 4.72. The first-order valence-corrected chi connectivity index (χ1v) is 5.48. The van der Waals surface area contributed by atoms with Gasteiger partial charge in [-0.2, -0.15) is 13.2 Å². The number of benzene rings is 1. The van der Waals surface area contributed by atoms with E-state index in [1.54, 1.807) is 6.92 Å². The lowest BCUT2D eigenvalue weighted by atomic mass is 10.1. The number of aliphatic hydroxyl groups is 1. The molecule has 0 aliphatic heterocycles. The number of carbonyl (C=O) groups excluding carboxylic acids is 1. The van der Waals surface area contributed by atoms with Crippen molar-refractivity contribution in [2.24, 2.45) is 0 Å². The fraction of sp³-hybridized carbons (Fsp3) is 0.417. The van der Waals surface area contributed by atoms with Gasteiger partial charge in [0.05, 0.1) is 23.8 Å². The van der Waals surface area contributed by atoms with Gasteiger partial charge < -0.3 is 10.4 Å². The summed E-state index contributed by atoms with van der Waals surface area (Å²) in [6, 6.07) is 4.02. The van der Waals surface area contributed by atoms with Crippen LogP contribution in [0.4, 0.5) is 13.2 Å². The zero-order valence-electron chi connectivity index (χ0n) is 9.79. The van der Waals surface area contributed by atoms with Crippen LogP contribution in [0, 0.1) is 0 Å². The van der Waals surface area contributed by atoms with Gasteiger partial charge in [-0.1, -0.05) is 19.1 Å². The van der Waals surface area contributed by atoms with Crippen molar-refractivity contribution in [1.82, 2.24) is 5.32 Å². The molecule has 0 spiro atoms. The molecule has 6 heteroatoms. The predicted molar refractivity (Wildman–Crippen MR) is 60.1 cm³/mol. The van der Waals surface area contributed by atoms with Crippen LogP contribution in [0.3, 0.4) is 0 Å². The SMILES string of the molecule is CC[C@@H](CO)NC(=O)c1ccccc1C(F)(F)F. The lowest BCUT2D eigenvalue weighted by Gasteiger charge is -2.16. The maximum atomic E-state index is 12.7. The summed E-state index contributed by atoms with van der Waals surface area (Å²) in [5, 5.41) is 11.3. The summed E-state index contributed by atoms with van der Waals surface area (Å²) in [6.07, 6.45) is -4.13. The van der Waals surface area contributed by atoms with Crippen molar-refractivity contribution >= 4 is 5.91 Å². The van der Waals surface area contributed by atoms with E-state index < -0.39 is 29.3 Å². The summed E-state index contributed by atoms with van der Waals surface area (Å²) in [5.41, 5.74) is -1.41. The highest BCUT2D eigenvalue weighted by atomic mass is 19.4. The molecule has 18 heavy (non-hydrogen) atoms. The topological polar surface area (TPSA) is 49.3 Å². The molecule has 1 aromatic carbocycles. The maximum absolute atomic E-state index is 12.7. The van der Waals surface area contributed by atoms with Crippen molar-refractivity contribution in [3.05, 3.63) is 35.4 Å². The lowest BCUT2D eigenvalue weighted by Crippen LogP contribution is -2.37. The average Bonchev–Trinajstić information content (AvgIpc) is 2.34. The number of amides is 1. The summed E-state index contributed by atoms with van der Waals surface area (Å²) in [7, 11) is 0. The molecule has 0 bridgehead atoms. The summed E-state index contributed by atoms with van der Waals surface area (Å²) in [5.74, 6) is -0.830. The van der Waals surface area contributed by atoms with Crippen molar-refractivity contribution < 1.29 is 23.1 Å². The molecule has 2 N–H and O–H groups in total. The van der Waals surface area contributed by atoms with E-state index >= 15 is 0 Å². The molecule has 0 saturated heterocycles. The monoisotopic (exact) mass is 261 g/mol. The van der Waals surface area contributed by atoms with Crippen LogP contribution in [0.25, 0.3) is 0 Å². The zero-order valence-corrected chi connectivity index (χ0v) is 9.79. The fourth-order valence-electron chi connectivity index (χ4n) is 1.47.